The molecule has 5 heteroatoms. The lowest BCUT2D eigenvalue weighted by molar-refractivity contribution is -0.116. The minimum absolute atomic E-state index is 0.0830. The van der Waals surface area contributed by atoms with Gasteiger partial charge in [0.1, 0.15) is 0 Å². The van der Waals surface area contributed by atoms with Gasteiger partial charge in [-0.25, -0.2) is 0 Å². The summed E-state index contributed by atoms with van der Waals surface area (Å²) in [5, 5.41) is 2.95. The van der Waals surface area contributed by atoms with E-state index in [9.17, 15) is 4.79 Å². The number of hydrogen-bond donors (Lipinski definition) is 1. The van der Waals surface area contributed by atoms with E-state index in [-0.39, 0.29) is 5.91 Å². The summed E-state index contributed by atoms with van der Waals surface area (Å²) in [6.07, 6.45) is 0.551. The first-order chi connectivity index (χ1) is 9.54. The van der Waals surface area contributed by atoms with E-state index in [1.165, 1.54) is 5.56 Å². The number of piperazine rings is 1. The molecule has 0 bridgehead atoms. The Labute approximate surface area is 129 Å². The fourth-order valence-electron chi connectivity index (χ4n) is 2.23. The number of halogens is 1. The summed E-state index contributed by atoms with van der Waals surface area (Å²) < 4.78 is 1.02. The van der Waals surface area contributed by atoms with E-state index in [4.69, 9.17) is 0 Å². The summed E-state index contributed by atoms with van der Waals surface area (Å²) in [7, 11) is 2.14. The lowest BCUT2D eigenvalue weighted by Crippen LogP contribution is -2.45. The summed E-state index contributed by atoms with van der Waals surface area (Å²) in [4.78, 5) is 16.6. The molecule has 1 aliphatic rings. The van der Waals surface area contributed by atoms with Gasteiger partial charge in [0.2, 0.25) is 5.91 Å². The molecule has 1 N–H and O–H groups in total. The number of anilines is 1. The molecule has 1 heterocycles. The van der Waals surface area contributed by atoms with Crippen molar-refractivity contribution in [3.05, 3.63) is 28.2 Å². The van der Waals surface area contributed by atoms with Gasteiger partial charge in [-0.15, -0.1) is 0 Å². The van der Waals surface area contributed by atoms with Crippen molar-refractivity contribution in [1.29, 1.82) is 0 Å². The molecule has 0 spiro atoms. The summed E-state index contributed by atoms with van der Waals surface area (Å²) in [5.41, 5.74) is 2.02. The molecule has 1 aliphatic heterocycles. The minimum Gasteiger partial charge on any atom is -0.326 e. The maximum absolute atomic E-state index is 12.0. The van der Waals surface area contributed by atoms with Gasteiger partial charge in [-0.05, 0) is 31.7 Å². The first-order valence-corrected chi connectivity index (χ1v) is 7.81. The number of likely N-dealkylation sites (N-methyl/N-ethyl adjacent to an activating group) is 1. The van der Waals surface area contributed by atoms with E-state index in [0.717, 1.165) is 42.9 Å². The number of nitrogens with one attached hydrogen (secondary N) is 1. The Morgan fingerprint density at radius 3 is 2.65 bits per heavy atom. The highest BCUT2D eigenvalue weighted by Gasteiger charge is 2.14. The number of amides is 1. The maximum atomic E-state index is 12.0. The molecule has 1 saturated heterocycles. The molecule has 1 aromatic rings. The molecule has 0 saturated carbocycles. The van der Waals surface area contributed by atoms with Gasteiger partial charge in [0.05, 0.1) is 0 Å². The number of carbonyl (C=O) groups excluding carboxylic acids is 1. The van der Waals surface area contributed by atoms with Crippen LogP contribution in [-0.4, -0.2) is 55.5 Å². The predicted molar refractivity (Wildman–Crippen MR) is 86.1 cm³/mol. The van der Waals surface area contributed by atoms with Crippen LogP contribution < -0.4 is 5.32 Å². The Kier molecular flexibility index (Phi) is 5.57. The van der Waals surface area contributed by atoms with Crippen molar-refractivity contribution in [1.82, 2.24) is 9.80 Å². The topological polar surface area (TPSA) is 35.6 Å². The third kappa shape index (κ3) is 4.58. The highest BCUT2D eigenvalue weighted by molar-refractivity contribution is 9.10. The van der Waals surface area contributed by atoms with Gasteiger partial charge >= 0.3 is 0 Å². The second-order valence-corrected chi connectivity index (χ2v) is 6.26. The van der Waals surface area contributed by atoms with Crippen LogP contribution in [0.3, 0.4) is 0 Å². The van der Waals surface area contributed by atoms with E-state index < -0.39 is 0 Å². The van der Waals surface area contributed by atoms with Crippen LogP contribution in [0, 0.1) is 6.92 Å². The third-order valence-electron chi connectivity index (χ3n) is 3.71. The van der Waals surface area contributed by atoms with Crippen LogP contribution in [0.1, 0.15) is 12.0 Å². The summed E-state index contributed by atoms with van der Waals surface area (Å²) in [6, 6.07) is 5.89. The second-order valence-electron chi connectivity index (χ2n) is 5.41. The summed E-state index contributed by atoms with van der Waals surface area (Å²) in [6.45, 7) is 7.16. The van der Waals surface area contributed by atoms with Crippen LogP contribution in [0.4, 0.5) is 5.69 Å². The Morgan fingerprint density at radius 1 is 1.30 bits per heavy atom. The van der Waals surface area contributed by atoms with E-state index >= 15 is 0 Å². The van der Waals surface area contributed by atoms with Crippen LogP contribution in [0.25, 0.3) is 0 Å². The third-order valence-corrected chi connectivity index (χ3v) is 4.56. The van der Waals surface area contributed by atoms with E-state index in [2.05, 4.69) is 38.1 Å². The molecule has 20 heavy (non-hydrogen) atoms. The van der Waals surface area contributed by atoms with Crippen molar-refractivity contribution in [2.75, 3.05) is 45.1 Å². The SMILES string of the molecule is Cc1ccc(NC(=O)CCN2CCN(C)CC2)cc1Br. The normalized spacial score (nSPS) is 17.1. The smallest absolute Gasteiger partial charge is 0.225 e. The molecular weight excluding hydrogens is 318 g/mol. The molecule has 2 rings (SSSR count). The molecule has 1 amide bonds. The number of rotatable bonds is 4. The summed E-state index contributed by atoms with van der Waals surface area (Å²) >= 11 is 3.48. The van der Waals surface area contributed by atoms with Crippen molar-refractivity contribution in [3.63, 3.8) is 0 Å². The molecule has 0 unspecified atom stereocenters. The van der Waals surface area contributed by atoms with Gasteiger partial charge in [-0.2, -0.15) is 0 Å². The van der Waals surface area contributed by atoms with Crippen LogP contribution in [0.15, 0.2) is 22.7 Å². The number of benzene rings is 1. The average molecular weight is 340 g/mol. The van der Waals surface area contributed by atoms with Crippen molar-refractivity contribution in [2.24, 2.45) is 0 Å². The van der Waals surface area contributed by atoms with Gasteiger partial charge in [0.25, 0.3) is 0 Å². The largest absolute Gasteiger partial charge is 0.326 e. The Morgan fingerprint density at radius 2 is 2.00 bits per heavy atom. The van der Waals surface area contributed by atoms with Crippen LogP contribution in [0.2, 0.25) is 0 Å². The molecule has 4 nitrogen and oxygen atoms in total. The molecular formula is C15H22BrN3O. The first kappa shape index (κ1) is 15.5. The van der Waals surface area contributed by atoms with E-state index in [1.807, 2.05) is 25.1 Å². The molecule has 0 aliphatic carbocycles. The van der Waals surface area contributed by atoms with Crippen LogP contribution in [0.5, 0.6) is 0 Å². The van der Waals surface area contributed by atoms with Crippen LogP contribution >= 0.6 is 15.9 Å². The first-order valence-electron chi connectivity index (χ1n) is 7.01. The molecule has 0 atom stereocenters. The lowest BCUT2D eigenvalue weighted by Gasteiger charge is -2.32. The monoisotopic (exact) mass is 339 g/mol. The van der Waals surface area contributed by atoms with Crippen molar-refractivity contribution >= 4 is 27.5 Å². The fraction of sp³-hybridized carbons (Fsp3) is 0.533. The quantitative estimate of drug-likeness (QED) is 0.914. The number of carbonyl (C=O) groups is 1. The Hall–Kier alpha value is -0.910. The molecule has 1 fully saturated rings. The maximum Gasteiger partial charge on any atom is 0.225 e. The minimum atomic E-state index is 0.0830. The summed E-state index contributed by atoms with van der Waals surface area (Å²) in [5.74, 6) is 0.0830. The zero-order valence-corrected chi connectivity index (χ0v) is 13.7. The zero-order valence-electron chi connectivity index (χ0n) is 12.2. The number of hydrogen-bond acceptors (Lipinski definition) is 3. The fourth-order valence-corrected chi connectivity index (χ4v) is 2.60. The van der Waals surface area contributed by atoms with Gasteiger partial charge in [-0.1, -0.05) is 22.0 Å². The van der Waals surface area contributed by atoms with Crippen molar-refractivity contribution in [2.45, 2.75) is 13.3 Å². The predicted octanol–water partition coefficient (Wildman–Crippen LogP) is 2.33. The van der Waals surface area contributed by atoms with Crippen LogP contribution in [-0.2, 0) is 4.79 Å². The zero-order chi connectivity index (χ0) is 14.5. The Bertz CT molecular complexity index is 470. The Balaban J connectivity index is 1.76. The highest BCUT2D eigenvalue weighted by Crippen LogP contribution is 2.20. The molecule has 110 valence electrons. The van der Waals surface area contributed by atoms with Gasteiger partial charge < -0.3 is 15.1 Å². The van der Waals surface area contributed by atoms with Crippen molar-refractivity contribution < 1.29 is 4.79 Å². The lowest BCUT2D eigenvalue weighted by atomic mass is 10.2. The molecule has 0 aromatic heterocycles. The standard InChI is InChI=1S/C15H22BrN3O/c1-12-3-4-13(11-14(12)16)17-15(20)5-6-19-9-7-18(2)8-10-19/h3-4,11H,5-10H2,1-2H3,(H,17,20). The number of nitrogens with zero attached hydrogens (tertiary/aromatic N) is 2. The second kappa shape index (κ2) is 7.20. The van der Waals surface area contributed by atoms with E-state index in [0.29, 0.717) is 6.42 Å². The molecule has 0 radical (unpaired) electrons. The highest BCUT2D eigenvalue weighted by atomic mass is 79.9. The van der Waals surface area contributed by atoms with Gasteiger partial charge in [0, 0.05) is 49.3 Å². The average Bonchev–Trinajstić information content (AvgIpc) is 2.42. The van der Waals surface area contributed by atoms with Gasteiger partial charge in [0.15, 0.2) is 0 Å². The van der Waals surface area contributed by atoms with Gasteiger partial charge in [-0.3, -0.25) is 4.79 Å². The van der Waals surface area contributed by atoms with Crippen molar-refractivity contribution in [3.8, 4) is 0 Å². The number of aryl methyl sites for hydroxylation is 1. The van der Waals surface area contributed by atoms with E-state index in [1.54, 1.807) is 0 Å². The molecule has 1 aromatic carbocycles.